The van der Waals surface area contributed by atoms with Crippen molar-refractivity contribution < 1.29 is 9.84 Å². The van der Waals surface area contributed by atoms with Gasteiger partial charge in [0.1, 0.15) is 18.5 Å². The summed E-state index contributed by atoms with van der Waals surface area (Å²) in [5, 5.41) is 17.9. The summed E-state index contributed by atoms with van der Waals surface area (Å²) in [6, 6.07) is 7.83. The van der Waals surface area contributed by atoms with Gasteiger partial charge in [-0.05, 0) is 24.6 Å². The second-order valence-corrected chi connectivity index (χ2v) is 7.34. The number of aliphatic hydroxyl groups is 1. The zero-order chi connectivity index (χ0) is 17.7. The molecule has 5 heteroatoms. The highest BCUT2D eigenvalue weighted by molar-refractivity contribution is 5.27. The fourth-order valence-corrected chi connectivity index (χ4v) is 2.63. The molecule has 1 heterocycles. The molecule has 0 spiro atoms. The lowest BCUT2D eigenvalue weighted by atomic mass is 9.89. The molecule has 0 radical (unpaired) electrons. The minimum Gasteiger partial charge on any atom is -0.491 e. The first-order valence-electron chi connectivity index (χ1n) is 8.37. The first-order chi connectivity index (χ1) is 11.3. The van der Waals surface area contributed by atoms with Gasteiger partial charge in [-0.3, -0.25) is 4.68 Å². The summed E-state index contributed by atoms with van der Waals surface area (Å²) < 4.78 is 7.47. The summed E-state index contributed by atoms with van der Waals surface area (Å²) in [6.45, 7) is 9.92. The Hall–Kier alpha value is -1.85. The highest BCUT2D eigenvalue weighted by Gasteiger charge is 2.21. The highest BCUT2D eigenvalue weighted by atomic mass is 16.5. The number of benzene rings is 1. The Morgan fingerprint density at radius 2 is 2.08 bits per heavy atom. The van der Waals surface area contributed by atoms with Crippen molar-refractivity contribution in [3.8, 4) is 5.75 Å². The van der Waals surface area contributed by atoms with Gasteiger partial charge in [0.15, 0.2) is 0 Å². The summed E-state index contributed by atoms with van der Waals surface area (Å²) in [4.78, 5) is 0. The van der Waals surface area contributed by atoms with Crippen LogP contribution in [0.5, 0.6) is 5.75 Å². The SMILES string of the molecule is Cc1cccc(OCC(O)CNCc2cn(C)nc2C(C)(C)C)c1. The number of aliphatic hydroxyl groups excluding tert-OH is 1. The molecule has 2 aromatic rings. The van der Waals surface area contributed by atoms with E-state index in [1.54, 1.807) is 0 Å². The highest BCUT2D eigenvalue weighted by Crippen LogP contribution is 2.23. The van der Waals surface area contributed by atoms with Crippen LogP contribution in [-0.2, 0) is 19.0 Å². The van der Waals surface area contributed by atoms with Crippen LogP contribution in [0.1, 0.15) is 37.6 Å². The molecular formula is C19H29N3O2. The lowest BCUT2D eigenvalue weighted by molar-refractivity contribution is 0.106. The maximum absolute atomic E-state index is 10.1. The third kappa shape index (κ3) is 5.35. The van der Waals surface area contributed by atoms with Crippen LogP contribution in [-0.4, -0.2) is 34.1 Å². The van der Waals surface area contributed by atoms with Crippen molar-refractivity contribution in [3.05, 3.63) is 47.3 Å². The van der Waals surface area contributed by atoms with E-state index in [1.165, 1.54) is 0 Å². The molecule has 2 rings (SSSR count). The lowest BCUT2D eigenvalue weighted by Crippen LogP contribution is -2.31. The van der Waals surface area contributed by atoms with Gasteiger partial charge in [-0.25, -0.2) is 0 Å². The Balaban J connectivity index is 1.80. The van der Waals surface area contributed by atoms with E-state index in [-0.39, 0.29) is 12.0 Å². The van der Waals surface area contributed by atoms with E-state index < -0.39 is 6.10 Å². The number of aryl methyl sites for hydroxylation is 2. The zero-order valence-electron chi connectivity index (χ0n) is 15.3. The largest absolute Gasteiger partial charge is 0.491 e. The summed E-state index contributed by atoms with van der Waals surface area (Å²) >= 11 is 0. The van der Waals surface area contributed by atoms with Gasteiger partial charge in [0.25, 0.3) is 0 Å². The number of ether oxygens (including phenoxy) is 1. The minimum atomic E-state index is -0.555. The smallest absolute Gasteiger partial charge is 0.119 e. The summed E-state index contributed by atoms with van der Waals surface area (Å²) in [5.74, 6) is 0.788. The molecule has 1 unspecified atom stereocenters. The normalized spacial score (nSPS) is 13.1. The van der Waals surface area contributed by atoms with Crippen LogP contribution in [0.4, 0.5) is 0 Å². The van der Waals surface area contributed by atoms with E-state index >= 15 is 0 Å². The number of rotatable bonds is 7. The van der Waals surface area contributed by atoms with Crippen LogP contribution in [0.15, 0.2) is 30.5 Å². The molecular weight excluding hydrogens is 302 g/mol. The molecule has 1 aromatic carbocycles. The Morgan fingerprint density at radius 1 is 1.33 bits per heavy atom. The summed E-state index contributed by atoms with van der Waals surface area (Å²) in [7, 11) is 1.93. The fraction of sp³-hybridized carbons (Fsp3) is 0.526. The van der Waals surface area contributed by atoms with Crippen LogP contribution in [0.2, 0.25) is 0 Å². The Morgan fingerprint density at radius 3 is 2.75 bits per heavy atom. The molecule has 0 saturated carbocycles. The third-order valence-corrected chi connectivity index (χ3v) is 3.74. The van der Waals surface area contributed by atoms with Crippen LogP contribution >= 0.6 is 0 Å². The lowest BCUT2D eigenvalue weighted by Gasteiger charge is -2.18. The van der Waals surface area contributed by atoms with Gasteiger partial charge >= 0.3 is 0 Å². The number of aromatic nitrogens is 2. The molecule has 0 amide bonds. The van der Waals surface area contributed by atoms with Gasteiger partial charge in [-0.1, -0.05) is 32.9 Å². The molecule has 0 fully saturated rings. The average molecular weight is 331 g/mol. The van der Waals surface area contributed by atoms with Crippen molar-refractivity contribution >= 4 is 0 Å². The van der Waals surface area contributed by atoms with Crippen molar-refractivity contribution in [1.29, 1.82) is 0 Å². The number of hydrogen-bond donors (Lipinski definition) is 2. The number of nitrogens with zero attached hydrogens (tertiary/aromatic N) is 2. The minimum absolute atomic E-state index is 0.00513. The monoisotopic (exact) mass is 331 g/mol. The molecule has 1 aromatic heterocycles. The Labute approximate surface area is 144 Å². The fourth-order valence-electron chi connectivity index (χ4n) is 2.63. The van der Waals surface area contributed by atoms with E-state index in [0.29, 0.717) is 13.1 Å². The van der Waals surface area contributed by atoms with Crippen LogP contribution in [0, 0.1) is 6.92 Å². The van der Waals surface area contributed by atoms with E-state index in [1.807, 2.05) is 49.1 Å². The Bertz CT molecular complexity index is 659. The maximum atomic E-state index is 10.1. The molecule has 24 heavy (non-hydrogen) atoms. The molecule has 132 valence electrons. The van der Waals surface area contributed by atoms with Gasteiger partial charge in [-0.15, -0.1) is 0 Å². The maximum Gasteiger partial charge on any atom is 0.119 e. The topological polar surface area (TPSA) is 59.3 Å². The molecule has 0 saturated heterocycles. The van der Waals surface area contributed by atoms with Crippen LogP contribution < -0.4 is 10.1 Å². The van der Waals surface area contributed by atoms with Crippen molar-refractivity contribution in [2.75, 3.05) is 13.2 Å². The quantitative estimate of drug-likeness (QED) is 0.819. The predicted molar refractivity (Wildman–Crippen MR) is 96.3 cm³/mol. The Kier molecular flexibility index (Phi) is 6.02. The van der Waals surface area contributed by atoms with Gasteiger partial charge in [-0.2, -0.15) is 5.10 Å². The number of hydrogen-bond acceptors (Lipinski definition) is 4. The second-order valence-electron chi connectivity index (χ2n) is 7.34. The molecule has 2 N–H and O–H groups in total. The first-order valence-corrected chi connectivity index (χ1v) is 8.37. The van der Waals surface area contributed by atoms with E-state index in [9.17, 15) is 5.11 Å². The standard InChI is InChI=1S/C19H29N3O2/c1-14-7-6-8-17(9-14)24-13-16(23)11-20-10-15-12-22(5)21-18(15)19(2,3)4/h6-9,12,16,20,23H,10-11,13H2,1-5H3. The van der Waals surface area contributed by atoms with Crippen molar-refractivity contribution in [2.45, 2.75) is 45.8 Å². The molecule has 0 bridgehead atoms. The molecule has 1 atom stereocenters. The number of nitrogens with one attached hydrogen (secondary N) is 1. The zero-order valence-corrected chi connectivity index (χ0v) is 15.3. The van der Waals surface area contributed by atoms with Crippen molar-refractivity contribution in [3.63, 3.8) is 0 Å². The van der Waals surface area contributed by atoms with E-state index in [2.05, 4.69) is 31.2 Å². The van der Waals surface area contributed by atoms with Crippen LogP contribution in [0.3, 0.4) is 0 Å². The van der Waals surface area contributed by atoms with Gasteiger partial charge in [0, 0.05) is 37.3 Å². The third-order valence-electron chi connectivity index (χ3n) is 3.74. The van der Waals surface area contributed by atoms with Gasteiger partial charge in [0.2, 0.25) is 0 Å². The average Bonchev–Trinajstić information content (AvgIpc) is 2.86. The van der Waals surface area contributed by atoms with Crippen molar-refractivity contribution in [2.24, 2.45) is 7.05 Å². The molecule has 5 nitrogen and oxygen atoms in total. The second kappa shape index (κ2) is 7.81. The summed E-state index contributed by atoms with van der Waals surface area (Å²) in [5.41, 5.74) is 3.40. The van der Waals surface area contributed by atoms with E-state index in [0.717, 1.165) is 22.6 Å². The predicted octanol–water partition coefficient (Wildman–Crippen LogP) is 2.56. The van der Waals surface area contributed by atoms with Crippen LogP contribution in [0.25, 0.3) is 0 Å². The van der Waals surface area contributed by atoms with Crippen molar-refractivity contribution in [1.82, 2.24) is 15.1 Å². The first kappa shape index (κ1) is 18.5. The van der Waals surface area contributed by atoms with Gasteiger partial charge < -0.3 is 15.2 Å². The van der Waals surface area contributed by atoms with E-state index in [4.69, 9.17) is 4.74 Å². The molecule has 0 aliphatic carbocycles. The molecule has 0 aliphatic rings. The summed E-state index contributed by atoms with van der Waals surface area (Å²) in [6.07, 6.45) is 1.48. The molecule has 0 aliphatic heterocycles. The van der Waals surface area contributed by atoms with Gasteiger partial charge in [0.05, 0.1) is 5.69 Å².